The third-order valence-electron chi connectivity index (χ3n) is 4.10. The zero-order chi connectivity index (χ0) is 15.8. The summed E-state index contributed by atoms with van der Waals surface area (Å²) in [4.78, 5) is 0. The highest BCUT2D eigenvalue weighted by atomic mass is 127. The Labute approximate surface area is 148 Å². The summed E-state index contributed by atoms with van der Waals surface area (Å²) in [7, 11) is 1.68. The summed E-state index contributed by atoms with van der Waals surface area (Å²) in [5.41, 5.74) is 4.60. The molecule has 0 fully saturated rings. The van der Waals surface area contributed by atoms with E-state index in [9.17, 15) is 0 Å². The molecule has 3 aromatic rings. The summed E-state index contributed by atoms with van der Waals surface area (Å²) in [6, 6.07) is 16.4. The Kier molecular flexibility index (Phi) is 3.72. The number of halogens is 1. The highest BCUT2D eigenvalue weighted by Gasteiger charge is 2.24. The van der Waals surface area contributed by atoms with Crippen molar-refractivity contribution in [2.24, 2.45) is 0 Å². The molecular weight excluding hydrogens is 401 g/mol. The average Bonchev–Trinajstić information content (AvgIpc) is 3.18. The lowest BCUT2D eigenvalue weighted by Crippen LogP contribution is -2.04. The number of hydrogen-bond donors (Lipinski definition) is 1. The van der Waals surface area contributed by atoms with Gasteiger partial charge in [-0.25, -0.2) is 4.68 Å². The van der Waals surface area contributed by atoms with Crippen LogP contribution in [0.5, 0.6) is 5.75 Å². The second-order valence-corrected chi connectivity index (χ2v) is 6.60. The lowest BCUT2D eigenvalue weighted by molar-refractivity contribution is 0.414. The summed E-state index contributed by atoms with van der Waals surface area (Å²) in [6.07, 6.45) is 1.01. The zero-order valence-electron chi connectivity index (χ0n) is 12.7. The van der Waals surface area contributed by atoms with E-state index in [4.69, 9.17) is 9.84 Å². The second-order valence-electron chi connectivity index (χ2n) is 5.44. The van der Waals surface area contributed by atoms with Crippen molar-refractivity contribution >= 4 is 28.4 Å². The molecule has 0 saturated heterocycles. The van der Waals surface area contributed by atoms with Crippen LogP contribution in [0.15, 0.2) is 48.5 Å². The van der Waals surface area contributed by atoms with Gasteiger partial charge in [0.05, 0.1) is 18.5 Å². The molecule has 0 spiro atoms. The van der Waals surface area contributed by atoms with E-state index in [1.165, 1.54) is 14.7 Å². The number of anilines is 1. The van der Waals surface area contributed by atoms with Gasteiger partial charge in [-0.15, -0.1) is 0 Å². The molecule has 0 atom stereocenters. The third-order valence-corrected chi connectivity index (χ3v) is 5.04. The van der Waals surface area contributed by atoms with Gasteiger partial charge in [0.1, 0.15) is 11.6 Å². The first-order valence-electron chi connectivity index (χ1n) is 7.53. The minimum Gasteiger partial charge on any atom is -0.497 e. The number of nitrogens with zero attached hydrogens (tertiary/aromatic N) is 2. The van der Waals surface area contributed by atoms with Crippen LogP contribution in [-0.4, -0.2) is 23.4 Å². The SMILES string of the molecule is COc1ccc(-n2nc(-c3ccccc3I)c3c2NCC3)cc1. The molecule has 4 nitrogen and oxygen atoms in total. The molecule has 4 rings (SSSR count). The molecule has 2 aromatic carbocycles. The highest BCUT2D eigenvalue weighted by molar-refractivity contribution is 14.1. The van der Waals surface area contributed by atoms with Crippen LogP contribution in [0.4, 0.5) is 5.82 Å². The van der Waals surface area contributed by atoms with Crippen molar-refractivity contribution in [1.29, 1.82) is 0 Å². The smallest absolute Gasteiger partial charge is 0.133 e. The molecule has 0 unspecified atom stereocenters. The summed E-state index contributed by atoms with van der Waals surface area (Å²) >= 11 is 2.38. The standard InChI is InChI=1S/C18H16IN3O/c1-23-13-8-6-12(7-9-13)22-18-15(10-11-20-18)17(21-22)14-4-2-3-5-16(14)19/h2-9,20H,10-11H2,1H3. The average molecular weight is 417 g/mol. The molecular formula is C18H16IN3O. The van der Waals surface area contributed by atoms with Crippen LogP contribution in [0, 0.1) is 3.57 Å². The van der Waals surface area contributed by atoms with E-state index < -0.39 is 0 Å². The van der Waals surface area contributed by atoms with Gasteiger partial charge in [0, 0.05) is 21.2 Å². The van der Waals surface area contributed by atoms with Gasteiger partial charge < -0.3 is 10.1 Å². The van der Waals surface area contributed by atoms with E-state index in [1.807, 2.05) is 28.9 Å². The maximum atomic E-state index is 5.24. The number of ether oxygens (including phenoxy) is 1. The lowest BCUT2D eigenvalue weighted by Gasteiger charge is -2.07. The van der Waals surface area contributed by atoms with E-state index in [2.05, 4.69) is 52.2 Å². The predicted octanol–water partition coefficient (Wildman–Crippen LogP) is 4.12. The quantitative estimate of drug-likeness (QED) is 0.652. The van der Waals surface area contributed by atoms with Crippen molar-refractivity contribution < 1.29 is 4.74 Å². The van der Waals surface area contributed by atoms with Crippen LogP contribution >= 0.6 is 22.6 Å². The maximum absolute atomic E-state index is 5.24. The van der Waals surface area contributed by atoms with Gasteiger partial charge in [-0.1, -0.05) is 18.2 Å². The minimum absolute atomic E-state index is 0.850. The zero-order valence-corrected chi connectivity index (χ0v) is 14.9. The summed E-state index contributed by atoms with van der Waals surface area (Å²) in [5.74, 6) is 1.95. The molecule has 1 aliphatic rings. The monoisotopic (exact) mass is 417 g/mol. The normalized spacial score (nSPS) is 12.8. The maximum Gasteiger partial charge on any atom is 0.133 e. The fourth-order valence-electron chi connectivity index (χ4n) is 2.95. The van der Waals surface area contributed by atoms with Gasteiger partial charge in [-0.3, -0.25) is 0 Å². The molecule has 0 saturated carbocycles. The van der Waals surface area contributed by atoms with Crippen LogP contribution in [0.2, 0.25) is 0 Å². The Morgan fingerprint density at radius 2 is 1.91 bits per heavy atom. The van der Waals surface area contributed by atoms with Crippen LogP contribution in [0.3, 0.4) is 0 Å². The second kappa shape index (κ2) is 5.88. The topological polar surface area (TPSA) is 39.1 Å². The first-order chi connectivity index (χ1) is 11.3. The Hall–Kier alpha value is -2.02. The van der Waals surface area contributed by atoms with Gasteiger partial charge in [0.15, 0.2) is 0 Å². The highest BCUT2D eigenvalue weighted by Crippen LogP contribution is 2.36. The first-order valence-corrected chi connectivity index (χ1v) is 8.61. The molecule has 0 amide bonds. The fourth-order valence-corrected chi connectivity index (χ4v) is 3.60. The van der Waals surface area contributed by atoms with Gasteiger partial charge in [0.2, 0.25) is 0 Å². The van der Waals surface area contributed by atoms with Crippen LogP contribution in [-0.2, 0) is 6.42 Å². The third kappa shape index (κ3) is 2.49. The molecule has 1 aliphatic heterocycles. The Morgan fingerprint density at radius 1 is 1.13 bits per heavy atom. The van der Waals surface area contributed by atoms with Crippen molar-refractivity contribution in [1.82, 2.24) is 9.78 Å². The Bertz CT molecular complexity index is 855. The molecule has 2 heterocycles. The van der Waals surface area contributed by atoms with E-state index in [-0.39, 0.29) is 0 Å². The van der Waals surface area contributed by atoms with Gasteiger partial charge >= 0.3 is 0 Å². The molecule has 1 aromatic heterocycles. The van der Waals surface area contributed by atoms with E-state index in [1.54, 1.807) is 7.11 Å². The van der Waals surface area contributed by atoms with Gasteiger partial charge in [-0.05, 0) is 59.3 Å². The number of benzene rings is 2. The number of methoxy groups -OCH3 is 1. The minimum atomic E-state index is 0.850. The van der Waals surface area contributed by atoms with Crippen LogP contribution in [0.25, 0.3) is 16.9 Å². The van der Waals surface area contributed by atoms with Gasteiger partial charge in [0.25, 0.3) is 0 Å². The summed E-state index contributed by atoms with van der Waals surface area (Å²) in [5, 5.41) is 8.37. The van der Waals surface area contributed by atoms with Crippen molar-refractivity contribution in [3.63, 3.8) is 0 Å². The molecule has 0 aliphatic carbocycles. The summed E-state index contributed by atoms with van der Waals surface area (Å²) < 4.78 is 8.46. The first kappa shape index (κ1) is 14.6. The Morgan fingerprint density at radius 3 is 2.65 bits per heavy atom. The van der Waals surface area contributed by atoms with E-state index in [0.717, 1.165) is 35.9 Å². The molecule has 0 radical (unpaired) electrons. The van der Waals surface area contributed by atoms with Crippen LogP contribution in [0.1, 0.15) is 5.56 Å². The number of aromatic nitrogens is 2. The lowest BCUT2D eigenvalue weighted by atomic mass is 10.1. The largest absolute Gasteiger partial charge is 0.497 e. The van der Waals surface area contributed by atoms with Crippen molar-refractivity contribution in [3.8, 4) is 22.7 Å². The molecule has 5 heteroatoms. The van der Waals surface area contributed by atoms with Gasteiger partial charge in [-0.2, -0.15) is 5.10 Å². The number of fused-ring (bicyclic) bond motifs is 1. The molecule has 1 N–H and O–H groups in total. The molecule has 116 valence electrons. The number of rotatable bonds is 3. The summed E-state index contributed by atoms with van der Waals surface area (Å²) in [6.45, 7) is 0.958. The van der Waals surface area contributed by atoms with Crippen molar-refractivity contribution in [3.05, 3.63) is 57.7 Å². The fraction of sp³-hybridized carbons (Fsp3) is 0.167. The predicted molar refractivity (Wildman–Crippen MR) is 100 cm³/mol. The molecule has 0 bridgehead atoms. The number of nitrogens with one attached hydrogen (secondary N) is 1. The van der Waals surface area contributed by atoms with E-state index in [0.29, 0.717) is 0 Å². The molecule has 23 heavy (non-hydrogen) atoms. The van der Waals surface area contributed by atoms with E-state index >= 15 is 0 Å². The van der Waals surface area contributed by atoms with Crippen molar-refractivity contribution in [2.75, 3.05) is 19.0 Å². The van der Waals surface area contributed by atoms with Crippen LogP contribution < -0.4 is 10.1 Å². The number of hydrogen-bond acceptors (Lipinski definition) is 3. The van der Waals surface area contributed by atoms with Crippen molar-refractivity contribution in [2.45, 2.75) is 6.42 Å². The Balaban J connectivity index is 1.86.